The van der Waals surface area contributed by atoms with Crippen LogP contribution in [0.5, 0.6) is 5.75 Å². The number of rotatable bonds is 4. The van der Waals surface area contributed by atoms with Gasteiger partial charge < -0.3 is 14.6 Å². The van der Waals surface area contributed by atoms with E-state index in [1.54, 1.807) is 18.2 Å². The number of hydrogen-bond donors (Lipinski definition) is 1. The SMILES string of the molecule is COC(=O)c1c(C(=O)O)cc(C#Cc2ccc([N+](=O)[O-])cc2)c2ccc(OC)cc12. The van der Waals surface area contributed by atoms with Gasteiger partial charge in [-0.15, -0.1) is 0 Å². The molecule has 0 aliphatic heterocycles. The van der Waals surface area contributed by atoms with E-state index in [0.717, 1.165) is 0 Å². The van der Waals surface area contributed by atoms with Crippen molar-refractivity contribution in [3.8, 4) is 17.6 Å². The molecule has 0 radical (unpaired) electrons. The molecule has 3 rings (SSSR count). The Hall–Kier alpha value is -4.38. The highest BCUT2D eigenvalue weighted by Crippen LogP contribution is 2.30. The van der Waals surface area contributed by atoms with Crippen molar-refractivity contribution in [2.24, 2.45) is 0 Å². The summed E-state index contributed by atoms with van der Waals surface area (Å²) < 4.78 is 9.97. The van der Waals surface area contributed by atoms with Gasteiger partial charge in [0, 0.05) is 28.6 Å². The maximum absolute atomic E-state index is 12.3. The van der Waals surface area contributed by atoms with Crippen LogP contribution >= 0.6 is 0 Å². The number of carboxylic acids is 1. The molecule has 0 amide bonds. The molecular weight excluding hydrogens is 390 g/mol. The van der Waals surface area contributed by atoms with Crippen molar-refractivity contribution >= 4 is 28.4 Å². The monoisotopic (exact) mass is 405 g/mol. The number of esters is 1. The fourth-order valence-electron chi connectivity index (χ4n) is 2.93. The van der Waals surface area contributed by atoms with Crippen molar-refractivity contribution in [2.45, 2.75) is 0 Å². The normalized spacial score (nSPS) is 10.1. The summed E-state index contributed by atoms with van der Waals surface area (Å²) in [4.78, 5) is 34.4. The van der Waals surface area contributed by atoms with Gasteiger partial charge in [-0.05, 0) is 41.8 Å². The molecule has 0 saturated heterocycles. The first kappa shape index (κ1) is 20.4. The summed E-state index contributed by atoms with van der Waals surface area (Å²) in [7, 11) is 2.62. The Morgan fingerprint density at radius 3 is 2.27 bits per heavy atom. The number of nitro benzene ring substituents is 1. The number of fused-ring (bicyclic) bond motifs is 1. The molecule has 0 bridgehead atoms. The van der Waals surface area contributed by atoms with Gasteiger partial charge in [-0.25, -0.2) is 9.59 Å². The Kier molecular flexibility index (Phi) is 5.65. The number of carbonyl (C=O) groups excluding carboxylic acids is 1. The standard InChI is InChI=1S/C22H15NO7/c1-29-16-9-10-17-14(6-3-13-4-7-15(8-5-13)23(27)28)11-19(21(24)25)20(18(17)12-16)22(26)30-2/h4-5,7-12H,1-2H3,(H,24,25). The Bertz CT molecular complexity index is 1230. The minimum Gasteiger partial charge on any atom is -0.497 e. The van der Waals surface area contributed by atoms with E-state index >= 15 is 0 Å². The van der Waals surface area contributed by atoms with Crippen molar-refractivity contribution < 1.29 is 29.1 Å². The lowest BCUT2D eigenvalue weighted by Crippen LogP contribution is -2.11. The van der Waals surface area contributed by atoms with Crippen LogP contribution in [0.4, 0.5) is 5.69 Å². The highest BCUT2D eigenvalue weighted by atomic mass is 16.6. The summed E-state index contributed by atoms with van der Waals surface area (Å²) in [5.74, 6) is 4.09. The number of hydrogen-bond acceptors (Lipinski definition) is 6. The first-order chi connectivity index (χ1) is 14.3. The van der Waals surface area contributed by atoms with Gasteiger partial charge in [-0.1, -0.05) is 11.8 Å². The number of nitro groups is 1. The summed E-state index contributed by atoms with van der Waals surface area (Å²) in [5, 5.41) is 21.3. The molecule has 3 aromatic carbocycles. The zero-order chi connectivity index (χ0) is 21.8. The van der Waals surface area contributed by atoms with Crippen LogP contribution in [0.15, 0.2) is 48.5 Å². The second-order valence-electron chi connectivity index (χ2n) is 6.11. The van der Waals surface area contributed by atoms with Gasteiger partial charge in [-0.3, -0.25) is 10.1 Å². The van der Waals surface area contributed by atoms with Crippen LogP contribution in [0.3, 0.4) is 0 Å². The van der Waals surface area contributed by atoms with E-state index in [2.05, 4.69) is 11.8 Å². The molecule has 0 saturated carbocycles. The van der Waals surface area contributed by atoms with E-state index < -0.39 is 16.9 Å². The minimum atomic E-state index is -1.31. The van der Waals surface area contributed by atoms with E-state index in [4.69, 9.17) is 9.47 Å². The minimum absolute atomic E-state index is 0.0614. The van der Waals surface area contributed by atoms with Crippen LogP contribution in [0.25, 0.3) is 10.8 Å². The average molecular weight is 405 g/mol. The molecule has 8 heteroatoms. The second-order valence-corrected chi connectivity index (χ2v) is 6.11. The number of methoxy groups -OCH3 is 2. The van der Waals surface area contributed by atoms with Crippen molar-refractivity contribution in [1.82, 2.24) is 0 Å². The molecule has 0 atom stereocenters. The highest BCUT2D eigenvalue weighted by Gasteiger charge is 2.23. The fraction of sp³-hybridized carbons (Fsp3) is 0.0909. The van der Waals surface area contributed by atoms with E-state index in [0.29, 0.717) is 27.6 Å². The van der Waals surface area contributed by atoms with Crippen LogP contribution < -0.4 is 4.74 Å². The third-order valence-electron chi connectivity index (χ3n) is 4.38. The maximum atomic E-state index is 12.3. The predicted molar refractivity (Wildman–Crippen MR) is 108 cm³/mol. The summed E-state index contributed by atoms with van der Waals surface area (Å²) >= 11 is 0. The first-order valence-electron chi connectivity index (χ1n) is 8.58. The molecule has 0 unspecified atom stereocenters. The molecule has 8 nitrogen and oxygen atoms in total. The first-order valence-corrected chi connectivity index (χ1v) is 8.58. The van der Waals surface area contributed by atoms with E-state index in [-0.39, 0.29) is 16.8 Å². The quantitative estimate of drug-likeness (QED) is 0.305. The number of non-ortho nitro benzene ring substituents is 1. The Labute approximate surface area is 170 Å². The number of nitrogens with zero attached hydrogens (tertiary/aromatic N) is 1. The topological polar surface area (TPSA) is 116 Å². The zero-order valence-electron chi connectivity index (χ0n) is 16.0. The largest absolute Gasteiger partial charge is 0.497 e. The number of ether oxygens (including phenoxy) is 2. The lowest BCUT2D eigenvalue weighted by atomic mass is 9.94. The van der Waals surface area contributed by atoms with Gasteiger partial charge in [0.2, 0.25) is 0 Å². The van der Waals surface area contributed by atoms with Gasteiger partial charge >= 0.3 is 11.9 Å². The van der Waals surface area contributed by atoms with Gasteiger partial charge in [-0.2, -0.15) is 0 Å². The van der Waals surface area contributed by atoms with E-state index in [1.807, 2.05) is 0 Å². The zero-order valence-corrected chi connectivity index (χ0v) is 16.0. The second kappa shape index (κ2) is 8.32. The number of carboxylic acid groups (broad SMARTS) is 1. The summed E-state index contributed by atoms with van der Waals surface area (Å²) in [6, 6.07) is 11.8. The van der Waals surface area contributed by atoms with Gasteiger partial charge in [0.1, 0.15) is 5.75 Å². The Morgan fingerprint density at radius 2 is 1.70 bits per heavy atom. The van der Waals surface area contributed by atoms with Crippen molar-refractivity contribution in [2.75, 3.05) is 14.2 Å². The fourth-order valence-corrected chi connectivity index (χ4v) is 2.93. The lowest BCUT2D eigenvalue weighted by Gasteiger charge is -2.12. The molecule has 0 spiro atoms. The van der Waals surface area contributed by atoms with Crippen molar-refractivity contribution in [1.29, 1.82) is 0 Å². The Morgan fingerprint density at radius 1 is 1.00 bits per heavy atom. The highest BCUT2D eigenvalue weighted by molar-refractivity contribution is 6.14. The van der Waals surface area contributed by atoms with Crippen molar-refractivity contribution in [3.63, 3.8) is 0 Å². The van der Waals surface area contributed by atoms with E-state index in [9.17, 15) is 24.8 Å². The average Bonchev–Trinajstić information content (AvgIpc) is 2.76. The Balaban J connectivity index is 2.24. The van der Waals surface area contributed by atoms with Gasteiger partial charge in [0.25, 0.3) is 5.69 Å². The van der Waals surface area contributed by atoms with Gasteiger partial charge in [0.15, 0.2) is 0 Å². The lowest BCUT2D eigenvalue weighted by molar-refractivity contribution is -0.384. The molecule has 150 valence electrons. The van der Waals surface area contributed by atoms with Crippen molar-refractivity contribution in [3.05, 3.63) is 80.9 Å². The van der Waals surface area contributed by atoms with E-state index in [1.165, 1.54) is 44.6 Å². The van der Waals surface area contributed by atoms with Crippen LogP contribution in [0.2, 0.25) is 0 Å². The number of benzene rings is 3. The summed E-state index contributed by atoms with van der Waals surface area (Å²) in [6.07, 6.45) is 0. The molecular formula is C22H15NO7. The molecule has 0 heterocycles. The number of aromatic carboxylic acids is 1. The molecule has 0 aliphatic rings. The molecule has 30 heavy (non-hydrogen) atoms. The van der Waals surface area contributed by atoms with Crippen LogP contribution in [-0.4, -0.2) is 36.2 Å². The van der Waals surface area contributed by atoms with Crippen LogP contribution in [-0.2, 0) is 4.74 Å². The summed E-state index contributed by atoms with van der Waals surface area (Å²) in [5.41, 5.74) is 0.469. The van der Waals surface area contributed by atoms with Crippen LogP contribution in [0.1, 0.15) is 31.8 Å². The summed E-state index contributed by atoms with van der Waals surface area (Å²) in [6.45, 7) is 0. The predicted octanol–water partition coefficient (Wildman–Crippen LogP) is 3.64. The molecule has 0 fully saturated rings. The smallest absolute Gasteiger partial charge is 0.339 e. The molecule has 0 aliphatic carbocycles. The van der Waals surface area contributed by atoms with Crippen LogP contribution in [0, 0.1) is 22.0 Å². The molecule has 3 aromatic rings. The number of carbonyl (C=O) groups is 2. The molecule has 0 aromatic heterocycles. The maximum Gasteiger partial charge on any atom is 0.339 e. The van der Waals surface area contributed by atoms with Gasteiger partial charge in [0.05, 0.1) is 30.3 Å². The third-order valence-corrected chi connectivity index (χ3v) is 4.38. The third kappa shape index (κ3) is 3.91. The molecule has 1 N–H and O–H groups in total.